The number of hydrogen-bond donors (Lipinski definition) is 2. The Bertz CT molecular complexity index is 1330. The third kappa shape index (κ3) is 7.21. The highest BCUT2D eigenvalue weighted by Crippen LogP contribution is 2.19. The molecule has 0 saturated heterocycles. The van der Waals surface area contributed by atoms with Crippen molar-refractivity contribution in [2.75, 3.05) is 13.1 Å². The van der Waals surface area contributed by atoms with Gasteiger partial charge in [0.2, 0.25) is 26.0 Å². The van der Waals surface area contributed by atoms with Crippen molar-refractivity contribution in [1.82, 2.24) is 9.62 Å². The van der Waals surface area contributed by atoms with Crippen LogP contribution in [0.15, 0.2) is 93.1 Å². The zero-order valence-electron chi connectivity index (χ0n) is 18.1. The van der Waals surface area contributed by atoms with Crippen LogP contribution in [-0.2, 0) is 37.8 Å². The minimum absolute atomic E-state index is 0.0322. The van der Waals surface area contributed by atoms with Crippen LogP contribution >= 0.6 is 15.9 Å². The summed E-state index contributed by atoms with van der Waals surface area (Å²) in [5, 5.41) is 7.77. The molecule has 0 unspecified atom stereocenters. The lowest BCUT2D eigenvalue weighted by Crippen LogP contribution is -2.41. The van der Waals surface area contributed by atoms with Gasteiger partial charge in [0.25, 0.3) is 0 Å². The van der Waals surface area contributed by atoms with Crippen LogP contribution in [0.3, 0.4) is 0 Å². The van der Waals surface area contributed by atoms with Gasteiger partial charge in [-0.1, -0.05) is 58.4 Å². The fraction of sp³-hybridized carbons (Fsp3) is 0.174. The van der Waals surface area contributed by atoms with Gasteiger partial charge in [0.05, 0.1) is 16.3 Å². The number of nitrogens with zero attached hydrogens (tertiary/aromatic N) is 1. The SMILES string of the molecule is NS(=O)(=O)c1ccc(CNC(=O)CN(CCc2ccccc2)S(=O)(=O)c2ccc(Br)cc2)cc1. The molecular weight excluding hydrogens is 542 g/mol. The molecule has 0 aliphatic rings. The molecule has 0 aromatic heterocycles. The summed E-state index contributed by atoms with van der Waals surface area (Å²) in [6.45, 7) is -0.131. The molecule has 11 heteroatoms. The number of primary sulfonamides is 1. The zero-order chi connectivity index (χ0) is 24.8. The lowest BCUT2D eigenvalue weighted by molar-refractivity contribution is -0.121. The van der Waals surface area contributed by atoms with Crippen LogP contribution in [0, 0.1) is 0 Å². The van der Waals surface area contributed by atoms with Crippen molar-refractivity contribution in [2.45, 2.75) is 22.8 Å². The average molecular weight is 566 g/mol. The number of nitrogens with two attached hydrogens (primary N) is 1. The van der Waals surface area contributed by atoms with Gasteiger partial charge in [0.1, 0.15) is 0 Å². The normalized spacial score (nSPS) is 12.0. The van der Waals surface area contributed by atoms with Crippen LogP contribution < -0.4 is 10.5 Å². The quantitative estimate of drug-likeness (QED) is 0.390. The molecule has 3 N–H and O–H groups in total. The molecule has 0 radical (unpaired) electrons. The Morgan fingerprint density at radius 1 is 0.824 bits per heavy atom. The third-order valence-electron chi connectivity index (χ3n) is 5.01. The van der Waals surface area contributed by atoms with Crippen LogP contribution in [-0.4, -0.2) is 40.1 Å². The molecule has 0 atom stereocenters. The molecule has 1 amide bonds. The van der Waals surface area contributed by atoms with E-state index in [0.29, 0.717) is 12.0 Å². The van der Waals surface area contributed by atoms with Crippen molar-refractivity contribution in [3.63, 3.8) is 0 Å². The van der Waals surface area contributed by atoms with Gasteiger partial charge in [-0.05, 0) is 53.9 Å². The Morgan fingerprint density at radius 3 is 2.00 bits per heavy atom. The number of amides is 1. The van der Waals surface area contributed by atoms with Gasteiger partial charge >= 0.3 is 0 Å². The van der Waals surface area contributed by atoms with E-state index in [1.165, 1.54) is 36.4 Å². The fourth-order valence-corrected chi connectivity index (χ4v) is 5.33. The maximum absolute atomic E-state index is 13.3. The van der Waals surface area contributed by atoms with Crippen LogP contribution in [0.1, 0.15) is 11.1 Å². The molecule has 3 aromatic rings. The number of hydrogen-bond acceptors (Lipinski definition) is 5. The van der Waals surface area contributed by atoms with E-state index in [4.69, 9.17) is 5.14 Å². The lowest BCUT2D eigenvalue weighted by atomic mass is 10.1. The minimum atomic E-state index is -3.92. The molecule has 0 aliphatic heterocycles. The monoisotopic (exact) mass is 565 g/mol. The summed E-state index contributed by atoms with van der Waals surface area (Å²) in [7, 11) is -7.72. The number of halogens is 1. The third-order valence-corrected chi connectivity index (χ3v) is 8.32. The van der Waals surface area contributed by atoms with Crippen molar-refractivity contribution in [3.8, 4) is 0 Å². The predicted octanol–water partition coefficient (Wildman–Crippen LogP) is 2.65. The second kappa shape index (κ2) is 11.2. The summed E-state index contributed by atoms with van der Waals surface area (Å²) >= 11 is 3.30. The first-order chi connectivity index (χ1) is 16.1. The van der Waals surface area contributed by atoms with Crippen molar-refractivity contribution in [2.24, 2.45) is 5.14 Å². The van der Waals surface area contributed by atoms with Gasteiger partial charge < -0.3 is 5.32 Å². The van der Waals surface area contributed by atoms with Crippen molar-refractivity contribution < 1.29 is 21.6 Å². The van der Waals surface area contributed by atoms with E-state index in [1.807, 2.05) is 30.3 Å². The Morgan fingerprint density at radius 2 is 1.41 bits per heavy atom. The number of carbonyl (C=O) groups excluding carboxylic acids is 1. The Labute approximate surface area is 208 Å². The van der Waals surface area contributed by atoms with E-state index in [0.717, 1.165) is 14.3 Å². The predicted molar refractivity (Wildman–Crippen MR) is 133 cm³/mol. The molecule has 3 aromatic carbocycles. The fourth-order valence-electron chi connectivity index (χ4n) is 3.15. The van der Waals surface area contributed by atoms with Crippen LogP contribution in [0.5, 0.6) is 0 Å². The maximum Gasteiger partial charge on any atom is 0.243 e. The molecule has 3 rings (SSSR count). The number of sulfonamides is 2. The molecule has 0 bridgehead atoms. The number of benzene rings is 3. The van der Waals surface area contributed by atoms with Crippen LogP contribution in [0.2, 0.25) is 0 Å². The van der Waals surface area contributed by atoms with Gasteiger partial charge in [-0.3, -0.25) is 4.79 Å². The molecule has 0 fully saturated rings. The first-order valence-electron chi connectivity index (χ1n) is 10.2. The second-order valence-electron chi connectivity index (χ2n) is 7.49. The Balaban J connectivity index is 1.72. The summed E-state index contributed by atoms with van der Waals surface area (Å²) < 4.78 is 51.2. The minimum Gasteiger partial charge on any atom is -0.351 e. The van der Waals surface area contributed by atoms with Crippen molar-refractivity contribution in [1.29, 1.82) is 0 Å². The van der Waals surface area contributed by atoms with Gasteiger partial charge in [-0.2, -0.15) is 4.31 Å². The van der Waals surface area contributed by atoms with Crippen molar-refractivity contribution in [3.05, 3.63) is 94.5 Å². The van der Waals surface area contributed by atoms with Crippen molar-refractivity contribution >= 4 is 41.9 Å². The van der Waals surface area contributed by atoms with Gasteiger partial charge in [-0.25, -0.2) is 22.0 Å². The van der Waals surface area contributed by atoms with Gasteiger partial charge in [-0.15, -0.1) is 0 Å². The van der Waals surface area contributed by atoms with E-state index in [9.17, 15) is 21.6 Å². The number of carbonyl (C=O) groups is 1. The Hall–Kier alpha value is -2.57. The maximum atomic E-state index is 13.3. The highest BCUT2D eigenvalue weighted by molar-refractivity contribution is 9.10. The molecule has 34 heavy (non-hydrogen) atoms. The van der Waals surface area contributed by atoms with E-state index < -0.39 is 26.0 Å². The molecule has 8 nitrogen and oxygen atoms in total. The molecule has 0 aliphatic carbocycles. The molecule has 0 heterocycles. The first-order valence-corrected chi connectivity index (χ1v) is 14.0. The lowest BCUT2D eigenvalue weighted by Gasteiger charge is -2.22. The largest absolute Gasteiger partial charge is 0.351 e. The summed E-state index contributed by atoms with van der Waals surface area (Å²) in [5.74, 6) is -0.482. The van der Waals surface area contributed by atoms with E-state index in [1.54, 1.807) is 12.1 Å². The summed E-state index contributed by atoms with van der Waals surface area (Å²) in [5.41, 5.74) is 1.60. The average Bonchev–Trinajstić information content (AvgIpc) is 2.81. The highest BCUT2D eigenvalue weighted by Gasteiger charge is 2.26. The summed E-state index contributed by atoms with van der Waals surface area (Å²) in [6.07, 6.45) is 0.443. The van der Waals surface area contributed by atoms with Crippen LogP contribution in [0.25, 0.3) is 0 Å². The van der Waals surface area contributed by atoms with E-state index in [2.05, 4.69) is 21.2 Å². The van der Waals surface area contributed by atoms with E-state index in [-0.39, 0.29) is 29.4 Å². The molecular formula is C23H24BrN3O5S2. The number of rotatable bonds is 10. The summed E-state index contributed by atoms with van der Waals surface area (Å²) in [4.78, 5) is 12.7. The molecule has 0 saturated carbocycles. The van der Waals surface area contributed by atoms with Gasteiger partial charge in [0, 0.05) is 17.6 Å². The highest BCUT2D eigenvalue weighted by atomic mass is 79.9. The molecule has 0 spiro atoms. The zero-order valence-corrected chi connectivity index (χ0v) is 21.3. The van der Waals surface area contributed by atoms with Gasteiger partial charge in [0.15, 0.2) is 0 Å². The standard InChI is InChI=1S/C23H24BrN3O5S2/c24-20-8-12-22(13-9-20)34(31,32)27(15-14-18-4-2-1-3-5-18)17-23(28)26-16-19-6-10-21(11-7-19)33(25,29)30/h1-13H,14-17H2,(H,26,28)(H2,25,29,30). The smallest absolute Gasteiger partial charge is 0.243 e. The van der Waals surface area contributed by atoms with E-state index >= 15 is 0 Å². The Kier molecular flexibility index (Phi) is 8.61. The molecule has 180 valence electrons. The first kappa shape index (κ1) is 26.0. The number of nitrogens with one attached hydrogen (secondary N) is 1. The summed E-state index contributed by atoms with van der Waals surface area (Å²) in [6, 6.07) is 21.4. The topological polar surface area (TPSA) is 127 Å². The van der Waals surface area contributed by atoms with Crippen LogP contribution in [0.4, 0.5) is 0 Å². The second-order valence-corrected chi connectivity index (χ2v) is 11.9.